The van der Waals surface area contributed by atoms with Gasteiger partial charge in [-0.05, 0) is 55.3 Å². The lowest BCUT2D eigenvalue weighted by atomic mass is 9.94. The van der Waals surface area contributed by atoms with E-state index in [4.69, 9.17) is 15.7 Å². The zero-order valence-electron chi connectivity index (χ0n) is 23.1. The number of hydrogen-bond donors (Lipinski definition) is 2. The molecule has 2 aromatic rings. The number of aliphatic hydroxyl groups excluding tert-OH is 1. The summed E-state index contributed by atoms with van der Waals surface area (Å²) in [6, 6.07) is 0.0568. The summed E-state index contributed by atoms with van der Waals surface area (Å²) in [5.41, 5.74) is -5.97. The van der Waals surface area contributed by atoms with Gasteiger partial charge < -0.3 is 20.6 Å². The third-order valence-corrected chi connectivity index (χ3v) is 6.57. The second-order valence-corrected chi connectivity index (χ2v) is 9.40. The molecule has 3 N–H and O–H groups in total. The van der Waals surface area contributed by atoms with Crippen LogP contribution < -0.4 is 15.6 Å². The smallest absolute Gasteiger partial charge is 0.416 e. The molecule has 1 heterocycles. The molecule has 18 heteroatoms. The lowest BCUT2D eigenvalue weighted by Crippen LogP contribution is -2.53. The number of alkyl halides is 9. The Morgan fingerprint density at radius 3 is 2.02 bits per heavy atom. The first-order chi connectivity index (χ1) is 20.5. The molecule has 0 bridgehead atoms. The lowest BCUT2D eigenvalue weighted by Gasteiger charge is -2.45. The number of amidine groups is 1. The molecule has 0 fully saturated rings. The van der Waals surface area contributed by atoms with Crippen molar-refractivity contribution < 1.29 is 54.2 Å². The van der Waals surface area contributed by atoms with Crippen LogP contribution in [0.15, 0.2) is 51.7 Å². The Labute approximate surface area is 244 Å². The highest BCUT2D eigenvalue weighted by Gasteiger charge is 2.44. The average Bonchev–Trinajstić information content (AvgIpc) is 2.94. The minimum absolute atomic E-state index is 0.103. The highest BCUT2D eigenvalue weighted by molar-refractivity contribution is 5.98. The van der Waals surface area contributed by atoms with Crippen LogP contribution in [-0.2, 0) is 23.3 Å². The second-order valence-electron chi connectivity index (χ2n) is 9.40. The molecule has 0 saturated carbocycles. The van der Waals surface area contributed by atoms with E-state index in [0.717, 1.165) is 15.9 Å². The van der Waals surface area contributed by atoms with E-state index in [0.29, 0.717) is 24.3 Å². The molecule has 1 unspecified atom stereocenters. The number of carbonyl (C=O) groups is 1. The van der Waals surface area contributed by atoms with Crippen molar-refractivity contribution in [3.8, 4) is 0 Å². The zero-order valence-corrected chi connectivity index (χ0v) is 23.1. The minimum atomic E-state index is -5.27. The Morgan fingerprint density at radius 2 is 1.55 bits per heavy atom. The van der Waals surface area contributed by atoms with Crippen molar-refractivity contribution in [1.29, 1.82) is 0 Å². The minimum Gasteiger partial charge on any atom is -0.449 e. The fourth-order valence-electron chi connectivity index (χ4n) is 4.66. The van der Waals surface area contributed by atoms with Gasteiger partial charge in [0.15, 0.2) is 5.84 Å². The third kappa shape index (κ3) is 7.51. The van der Waals surface area contributed by atoms with Gasteiger partial charge in [0, 0.05) is 6.54 Å². The van der Waals surface area contributed by atoms with Crippen LogP contribution in [0.5, 0.6) is 0 Å². The molecule has 44 heavy (non-hydrogen) atoms. The van der Waals surface area contributed by atoms with E-state index in [1.165, 1.54) is 6.92 Å². The predicted molar refractivity (Wildman–Crippen MR) is 140 cm³/mol. The van der Waals surface area contributed by atoms with Gasteiger partial charge in [0.05, 0.1) is 53.9 Å². The van der Waals surface area contributed by atoms with Gasteiger partial charge in [-0.2, -0.15) is 49.7 Å². The van der Waals surface area contributed by atoms with Gasteiger partial charge in [0.25, 0.3) is 0 Å². The molecular formula is C26H27F9N6O3. The van der Waals surface area contributed by atoms with Crippen molar-refractivity contribution in [1.82, 2.24) is 0 Å². The van der Waals surface area contributed by atoms with E-state index in [1.54, 1.807) is 6.92 Å². The Bertz CT molecular complexity index is 1360. The topological polar surface area (TPSA) is 116 Å². The summed E-state index contributed by atoms with van der Waals surface area (Å²) in [7, 11) is 0. The number of azo groups is 1. The van der Waals surface area contributed by atoms with Crippen molar-refractivity contribution in [3.05, 3.63) is 58.7 Å². The van der Waals surface area contributed by atoms with Crippen molar-refractivity contribution in [2.75, 3.05) is 36.1 Å². The lowest BCUT2D eigenvalue weighted by molar-refractivity contribution is -0.143. The Kier molecular flexibility index (Phi) is 10.4. The fraction of sp³-hybridized carbons (Fsp3) is 0.462. The highest BCUT2D eigenvalue weighted by atomic mass is 19.4. The van der Waals surface area contributed by atoms with Gasteiger partial charge in [-0.15, -0.1) is 5.11 Å². The molecule has 242 valence electrons. The Morgan fingerprint density at radius 1 is 0.955 bits per heavy atom. The first-order valence-electron chi connectivity index (χ1n) is 13.0. The Hall–Kier alpha value is -4.09. The van der Waals surface area contributed by atoms with Crippen LogP contribution in [0.25, 0.3) is 0 Å². The molecule has 2 aromatic carbocycles. The standard InChI is InChI=1S/C26H27F9N6O3/c1-3-18-13-40(20-12-15(24(27,28)29)5-6-19(20)41(18)23(43)44-4-2)21(22(38-36)39-37-7-8-42)14-9-16(25(30,31)32)11-17(10-14)26(33,34)35/h5-6,9-12,18,21,42H,3-4,7-8,13,36H2,1-2H3/t18?,21-/m1/s1. The summed E-state index contributed by atoms with van der Waals surface area (Å²) in [6.45, 7) is 1.64. The maximum Gasteiger partial charge on any atom is 0.416 e. The number of hydrazone groups is 1. The van der Waals surface area contributed by atoms with Gasteiger partial charge in [-0.1, -0.05) is 6.92 Å². The monoisotopic (exact) mass is 642 g/mol. The largest absolute Gasteiger partial charge is 0.449 e. The number of nitrogens with two attached hydrogens (primary N) is 1. The first kappa shape index (κ1) is 34.4. The molecule has 1 aliphatic heterocycles. The molecule has 1 amide bonds. The van der Waals surface area contributed by atoms with Gasteiger partial charge in [-0.25, -0.2) is 4.79 Å². The maximum absolute atomic E-state index is 13.9. The number of halogens is 9. The summed E-state index contributed by atoms with van der Waals surface area (Å²) >= 11 is 0. The number of fused-ring (bicyclic) bond motifs is 1. The zero-order chi connectivity index (χ0) is 33.0. The molecule has 1 aliphatic rings. The van der Waals surface area contributed by atoms with Gasteiger partial charge in [0.1, 0.15) is 6.04 Å². The van der Waals surface area contributed by atoms with Gasteiger partial charge in [0.2, 0.25) is 0 Å². The van der Waals surface area contributed by atoms with E-state index in [9.17, 15) is 44.3 Å². The van der Waals surface area contributed by atoms with Crippen LogP contribution >= 0.6 is 0 Å². The number of anilines is 2. The van der Waals surface area contributed by atoms with Crippen LogP contribution in [0.2, 0.25) is 0 Å². The number of rotatable bonds is 7. The summed E-state index contributed by atoms with van der Waals surface area (Å²) in [5, 5.41) is 19.8. The SMILES string of the molecule is CCOC(=O)N1c2ccc(C(F)(F)F)cc2N([C@@H](C(N=NCCO)=NN)c2cc(C(F)(F)F)cc(C(F)(F)F)c2)CC1CC. The molecule has 2 atom stereocenters. The van der Waals surface area contributed by atoms with Gasteiger partial charge >= 0.3 is 24.6 Å². The number of hydrogen-bond acceptors (Lipinski definition) is 7. The molecule has 0 aromatic heterocycles. The number of nitrogens with zero attached hydrogens (tertiary/aromatic N) is 5. The normalized spacial score (nSPS) is 17.2. The van der Waals surface area contributed by atoms with Crippen molar-refractivity contribution in [2.24, 2.45) is 21.2 Å². The van der Waals surface area contributed by atoms with E-state index >= 15 is 0 Å². The van der Waals surface area contributed by atoms with Crippen molar-refractivity contribution in [3.63, 3.8) is 0 Å². The summed E-state index contributed by atoms with van der Waals surface area (Å²) in [4.78, 5) is 15.0. The first-order valence-corrected chi connectivity index (χ1v) is 13.0. The number of ether oxygens (including phenoxy) is 1. The van der Waals surface area contributed by atoms with Crippen LogP contribution in [0.4, 0.5) is 55.7 Å². The summed E-state index contributed by atoms with van der Waals surface area (Å²) in [6.07, 6.45) is -16.3. The van der Waals surface area contributed by atoms with E-state index in [1.807, 2.05) is 0 Å². The van der Waals surface area contributed by atoms with Crippen LogP contribution in [0.1, 0.15) is 48.6 Å². The van der Waals surface area contributed by atoms with E-state index < -0.39 is 83.6 Å². The van der Waals surface area contributed by atoms with Crippen LogP contribution in [0, 0.1) is 0 Å². The summed E-state index contributed by atoms with van der Waals surface area (Å²) < 4.78 is 130. The quantitative estimate of drug-likeness (QED) is 0.0865. The van der Waals surface area contributed by atoms with Crippen LogP contribution in [-0.4, -0.2) is 49.4 Å². The number of benzene rings is 2. The molecule has 0 saturated heterocycles. The molecular weight excluding hydrogens is 615 g/mol. The Balaban J connectivity index is 2.44. The van der Waals surface area contributed by atoms with Gasteiger partial charge in [-0.3, -0.25) is 4.90 Å². The predicted octanol–water partition coefficient (Wildman–Crippen LogP) is 6.76. The maximum atomic E-state index is 13.9. The van der Waals surface area contributed by atoms with Crippen molar-refractivity contribution in [2.45, 2.75) is 50.9 Å². The van der Waals surface area contributed by atoms with E-state index in [2.05, 4.69) is 15.3 Å². The fourth-order valence-corrected chi connectivity index (χ4v) is 4.66. The van der Waals surface area contributed by atoms with Crippen LogP contribution in [0.3, 0.4) is 0 Å². The molecule has 3 rings (SSSR count). The molecule has 9 nitrogen and oxygen atoms in total. The number of carbonyl (C=O) groups excluding carboxylic acids is 1. The molecule has 0 aliphatic carbocycles. The molecule has 0 spiro atoms. The third-order valence-electron chi connectivity index (χ3n) is 6.57. The van der Waals surface area contributed by atoms with E-state index in [-0.39, 0.29) is 31.3 Å². The molecule has 0 radical (unpaired) electrons. The number of amides is 1. The second kappa shape index (κ2) is 13.3. The average molecular weight is 643 g/mol. The highest BCUT2D eigenvalue weighted by Crippen LogP contribution is 2.46. The number of aliphatic hydroxyl groups is 1. The van der Waals surface area contributed by atoms with Crippen molar-refractivity contribution >= 4 is 23.3 Å². The summed E-state index contributed by atoms with van der Waals surface area (Å²) in [5.74, 6) is 4.80.